The van der Waals surface area contributed by atoms with Crippen molar-refractivity contribution in [2.45, 2.75) is 64.7 Å². The van der Waals surface area contributed by atoms with Crippen molar-refractivity contribution in [1.82, 2.24) is 4.90 Å². The Balaban J connectivity index is 2.79. The molecule has 1 aliphatic rings. The number of unbranched alkanes of at least 4 members (excludes halogenated alkanes) is 1. The molecule has 0 spiro atoms. The van der Waals surface area contributed by atoms with Crippen LogP contribution in [-0.4, -0.2) is 57.2 Å². The van der Waals surface area contributed by atoms with Crippen LogP contribution in [0, 0.1) is 5.92 Å². The topological polar surface area (TPSA) is 98.1 Å². The van der Waals surface area contributed by atoms with E-state index in [1.807, 2.05) is 0 Å². The van der Waals surface area contributed by atoms with Gasteiger partial charge in [-0.1, -0.05) is 19.8 Å². The maximum absolute atomic E-state index is 12.3. The number of amides is 1. The number of Topliss-reactive ketones (excluding diaryl/α,β-unsaturated/α-hetero) is 1. The lowest BCUT2D eigenvalue weighted by atomic mass is 9.95. The van der Waals surface area contributed by atoms with E-state index in [9.17, 15) is 24.9 Å². The molecule has 3 N–H and O–H groups in total. The van der Waals surface area contributed by atoms with E-state index in [-0.39, 0.29) is 23.4 Å². The Kier molecular flexibility index (Phi) is 6.56. The van der Waals surface area contributed by atoms with Crippen LogP contribution in [0.3, 0.4) is 0 Å². The Hall–Kier alpha value is -1.40. The average Bonchev–Trinajstić information content (AvgIpc) is 2.64. The van der Waals surface area contributed by atoms with Gasteiger partial charge in [0, 0.05) is 13.0 Å². The number of likely N-dealkylation sites (tertiary alicyclic amines) is 1. The molecule has 0 aromatic carbocycles. The lowest BCUT2D eigenvalue weighted by Crippen LogP contribution is -2.40. The minimum Gasteiger partial charge on any atom is -0.511 e. The van der Waals surface area contributed by atoms with Crippen molar-refractivity contribution in [3.8, 4) is 0 Å². The van der Waals surface area contributed by atoms with Crippen molar-refractivity contribution < 1.29 is 24.9 Å². The van der Waals surface area contributed by atoms with Crippen LogP contribution < -0.4 is 0 Å². The molecule has 0 aromatic heterocycles. The molecule has 1 rings (SSSR count). The van der Waals surface area contributed by atoms with Crippen LogP contribution in [0.15, 0.2) is 11.3 Å². The van der Waals surface area contributed by atoms with Crippen LogP contribution in [0.5, 0.6) is 0 Å². The summed E-state index contributed by atoms with van der Waals surface area (Å²) in [5.41, 5.74) is -0.198. The quantitative estimate of drug-likeness (QED) is 0.284. The van der Waals surface area contributed by atoms with Crippen LogP contribution in [0.2, 0.25) is 0 Å². The van der Waals surface area contributed by atoms with Crippen molar-refractivity contribution in [3.63, 3.8) is 0 Å². The number of aliphatic hydroxyl groups is 3. The van der Waals surface area contributed by atoms with Gasteiger partial charge in [-0.05, 0) is 26.7 Å². The number of allylic oxidation sites excluding steroid dienone is 1. The average molecular weight is 313 g/mol. The summed E-state index contributed by atoms with van der Waals surface area (Å²) in [5.74, 6) is -1.56. The molecular weight excluding hydrogens is 286 g/mol. The van der Waals surface area contributed by atoms with Gasteiger partial charge in [0.05, 0.1) is 12.2 Å². The highest BCUT2D eigenvalue weighted by Gasteiger charge is 2.45. The van der Waals surface area contributed by atoms with E-state index in [0.29, 0.717) is 12.8 Å². The predicted octanol–water partition coefficient (Wildman–Crippen LogP) is 1.17. The zero-order valence-electron chi connectivity index (χ0n) is 13.7. The number of carbonyl (C=O) groups is 2. The maximum Gasteiger partial charge on any atom is 0.261 e. The molecule has 0 aromatic rings. The standard InChI is InChI=1S/C16H27NO5/c1-9(7-5-6-8-10(2)18)14(20)12-15(21)13(11(3)19)17(4)16(12)22/h9-11,13,18-20H,5-8H2,1-4H3/t9?,10?,11-,13+/m1/s1. The van der Waals surface area contributed by atoms with Gasteiger partial charge in [0.1, 0.15) is 17.4 Å². The highest BCUT2D eigenvalue weighted by atomic mass is 16.3. The summed E-state index contributed by atoms with van der Waals surface area (Å²) in [6, 6.07) is -0.924. The lowest BCUT2D eigenvalue weighted by Gasteiger charge is -2.19. The smallest absolute Gasteiger partial charge is 0.261 e. The van der Waals surface area contributed by atoms with Crippen molar-refractivity contribution in [2.75, 3.05) is 7.05 Å². The number of hydrogen-bond donors (Lipinski definition) is 3. The Labute approximate surface area is 131 Å². The molecule has 22 heavy (non-hydrogen) atoms. The number of aliphatic hydroxyl groups excluding tert-OH is 3. The summed E-state index contributed by atoms with van der Waals surface area (Å²) in [7, 11) is 1.45. The first kappa shape index (κ1) is 18.6. The zero-order chi connectivity index (χ0) is 17.0. The third kappa shape index (κ3) is 4.08. The normalized spacial score (nSPS) is 25.4. The molecular formula is C16H27NO5. The van der Waals surface area contributed by atoms with Crippen LogP contribution in [0.4, 0.5) is 0 Å². The van der Waals surface area contributed by atoms with Gasteiger partial charge in [0.15, 0.2) is 5.78 Å². The van der Waals surface area contributed by atoms with Crippen LogP contribution in [-0.2, 0) is 9.59 Å². The van der Waals surface area contributed by atoms with Crippen LogP contribution in [0.25, 0.3) is 0 Å². The molecule has 1 saturated heterocycles. The summed E-state index contributed by atoms with van der Waals surface area (Å²) in [5, 5.41) is 29.1. The molecule has 6 heteroatoms. The Morgan fingerprint density at radius 2 is 1.68 bits per heavy atom. The predicted molar refractivity (Wildman–Crippen MR) is 82.2 cm³/mol. The first-order valence-electron chi connectivity index (χ1n) is 7.79. The Bertz CT molecular complexity index is 455. The zero-order valence-corrected chi connectivity index (χ0v) is 13.7. The summed E-state index contributed by atoms with van der Waals surface area (Å²) >= 11 is 0. The summed E-state index contributed by atoms with van der Waals surface area (Å²) in [6.45, 7) is 4.94. The Morgan fingerprint density at radius 3 is 2.14 bits per heavy atom. The van der Waals surface area contributed by atoms with Gasteiger partial charge in [-0.3, -0.25) is 9.59 Å². The number of ketones is 1. The van der Waals surface area contributed by atoms with Crippen molar-refractivity contribution >= 4 is 11.7 Å². The van der Waals surface area contributed by atoms with Crippen LogP contribution >= 0.6 is 0 Å². The van der Waals surface area contributed by atoms with E-state index < -0.39 is 23.8 Å². The fourth-order valence-electron chi connectivity index (χ4n) is 2.78. The first-order chi connectivity index (χ1) is 10.2. The van der Waals surface area contributed by atoms with Gasteiger partial charge in [0.25, 0.3) is 5.91 Å². The molecule has 0 radical (unpaired) electrons. The van der Waals surface area contributed by atoms with Gasteiger partial charge < -0.3 is 20.2 Å². The van der Waals surface area contributed by atoms with E-state index in [1.165, 1.54) is 18.9 Å². The SMILES string of the molecule is CC(O)CCCCC(C)C(O)=C1C(=O)[C@H]([C@@H](C)O)N(C)C1=O. The first-order valence-corrected chi connectivity index (χ1v) is 7.79. The molecule has 1 aliphatic heterocycles. The van der Waals surface area contributed by atoms with E-state index in [2.05, 4.69) is 0 Å². The molecule has 0 bridgehead atoms. The molecule has 1 fully saturated rings. The molecule has 126 valence electrons. The van der Waals surface area contributed by atoms with Gasteiger partial charge in [-0.2, -0.15) is 0 Å². The highest BCUT2D eigenvalue weighted by Crippen LogP contribution is 2.28. The largest absolute Gasteiger partial charge is 0.511 e. The van der Waals surface area contributed by atoms with Crippen molar-refractivity contribution in [2.24, 2.45) is 5.92 Å². The fourth-order valence-corrected chi connectivity index (χ4v) is 2.78. The van der Waals surface area contributed by atoms with E-state index in [0.717, 1.165) is 12.8 Å². The lowest BCUT2D eigenvalue weighted by molar-refractivity contribution is -0.128. The second-order valence-corrected chi connectivity index (χ2v) is 6.26. The van der Waals surface area contributed by atoms with Gasteiger partial charge >= 0.3 is 0 Å². The van der Waals surface area contributed by atoms with E-state index >= 15 is 0 Å². The van der Waals surface area contributed by atoms with Gasteiger partial charge in [-0.25, -0.2) is 0 Å². The second kappa shape index (κ2) is 7.74. The fraction of sp³-hybridized carbons (Fsp3) is 0.750. The third-order valence-corrected chi connectivity index (χ3v) is 4.16. The monoisotopic (exact) mass is 313 g/mol. The number of rotatable bonds is 7. The summed E-state index contributed by atoms with van der Waals surface area (Å²) < 4.78 is 0. The molecule has 6 nitrogen and oxygen atoms in total. The van der Waals surface area contributed by atoms with Crippen molar-refractivity contribution in [3.05, 3.63) is 11.3 Å². The highest BCUT2D eigenvalue weighted by molar-refractivity contribution is 6.26. The number of carbonyl (C=O) groups excluding carboxylic acids is 2. The number of likely N-dealkylation sites (N-methyl/N-ethyl adjacent to an activating group) is 1. The van der Waals surface area contributed by atoms with E-state index in [1.54, 1.807) is 13.8 Å². The Morgan fingerprint density at radius 1 is 1.14 bits per heavy atom. The van der Waals surface area contributed by atoms with Gasteiger partial charge in [0.2, 0.25) is 0 Å². The summed E-state index contributed by atoms with van der Waals surface area (Å²) in [6.07, 6.45) is 1.61. The summed E-state index contributed by atoms with van der Waals surface area (Å²) in [4.78, 5) is 25.6. The molecule has 0 aliphatic carbocycles. The minimum absolute atomic E-state index is 0.193. The molecule has 1 amide bonds. The van der Waals surface area contributed by atoms with E-state index in [4.69, 9.17) is 0 Å². The van der Waals surface area contributed by atoms with Crippen molar-refractivity contribution in [1.29, 1.82) is 0 Å². The number of hydrogen-bond acceptors (Lipinski definition) is 5. The minimum atomic E-state index is -0.979. The third-order valence-electron chi connectivity index (χ3n) is 4.16. The molecule has 0 saturated carbocycles. The molecule has 1 heterocycles. The van der Waals surface area contributed by atoms with Crippen LogP contribution in [0.1, 0.15) is 46.5 Å². The van der Waals surface area contributed by atoms with Gasteiger partial charge in [-0.15, -0.1) is 0 Å². The molecule has 2 unspecified atom stereocenters. The maximum atomic E-state index is 12.3. The number of nitrogens with zero attached hydrogens (tertiary/aromatic N) is 1. The molecule has 4 atom stereocenters. The second-order valence-electron chi connectivity index (χ2n) is 6.26.